The molecule has 2 N–H and O–H groups in total. The summed E-state index contributed by atoms with van der Waals surface area (Å²) in [7, 11) is 1.35. The van der Waals surface area contributed by atoms with Crippen LogP contribution in [0.15, 0.2) is 24.3 Å². The molecule has 1 aromatic rings. The van der Waals surface area contributed by atoms with Gasteiger partial charge in [-0.05, 0) is 26.0 Å². The van der Waals surface area contributed by atoms with Crippen molar-refractivity contribution >= 4 is 23.7 Å². The number of esters is 1. The molecule has 0 saturated carbocycles. The first-order valence-corrected chi connectivity index (χ1v) is 6.79. The lowest BCUT2D eigenvalue weighted by molar-refractivity contribution is -0.156. The maximum absolute atomic E-state index is 11.6. The number of Topliss-reactive ketones (excluding diaryl/α,β-unsaturated/α-hetero) is 1. The van der Waals surface area contributed by atoms with Crippen molar-refractivity contribution in [2.24, 2.45) is 0 Å². The summed E-state index contributed by atoms with van der Waals surface area (Å²) < 4.78 is 10.0. The van der Waals surface area contributed by atoms with Gasteiger partial charge in [-0.3, -0.25) is 14.9 Å². The Balaban J connectivity index is 2.48. The molecule has 0 aliphatic rings. The number of carbonyl (C=O) groups excluding carboxylic acids is 4. The van der Waals surface area contributed by atoms with E-state index in [1.807, 2.05) is 5.32 Å². The van der Waals surface area contributed by atoms with Crippen molar-refractivity contribution in [3.8, 4) is 5.75 Å². The van der Waals surface area contributed by atoms with Crippen LogP contribution >= 0.6 is 0 Å². The second-order valence-electron chi connectivity index (χ2n) is 4.57. The molecular formula is C15H18N2O6. The fraction of sp³-hybridized carbons (Fsp3) is 0.333. The van der Waals surface area contributed by atoms with Crippen LogP contribution in [0.25, 0.3) is 0 Å². The largest absolute Gasteiger partial charge is 0.482 e. The molecule has 124 valence electrons. The van der Waals surface area contributed by atoms with Crippen molar-refractivity contribution in [2.45, 2.75) is 20.0 Å². The first-order chi connectivity index (χ1) is 10.8. The first kappa shape index (κ1) is 18.1. The predicted molar refractivity (Wildman–Crippen MR) is 80.1 cm³/mol. The van der Waals surface area contributed by atoms with Gasteiger partial charge in [-0.1, -0.05) is 12.1 Å². The number of hydrogen-bond donors (Lipinski definition) is 2. The predicted octanol–water partition coefficient (Wildman–Crippen LogP) is 0.655. The van der Waals surface area contributed by atoms with Gasteiger partial charge in [0.1, 0.15) is 5.75 Å². The molecule has 0 bridgehead atoms. The van der Waals surface area contributed by atoms with Crippen molar-refractivity contribution in [3.05, 3.63) is 29.8 Å². The highest BCUT2D eigenvalue weighted by Crippen LogP contribution is 2.13. The minimum absolute atomic E-state index is 0.127. The summed E-state index contributed by atoms with van der Waals surface area (Å²) in [5.74, 6) is -1.33. The van der Waals surface area contributed by atoms with E-state index in [1.54, 1.807) is 18.2 Å². The molecule has 0 aliphatic heterocycles. The summed E-state index contributed by atoms with van der Waals surface area (Å²) in [5, 5.41) is 4.19. The Morgan fingerprint density at radius 3 is 2.52 bits per heavy atom. The van der Waals surface area contributed by atoms with Gasteiger partial charge in [0.15, 0.2) is 18.5 Å². The minimum Gasteiger partial charge on any atom is -0.482 e. The van der Waals surface area contributed by atoms with Gasteiger partial charge in [-0.15, -0.1) is 0 Å². The second-order valence-corrected chi connectivity index (χ2v) is 4.57. The summed E-state index contributed by atoms with van der Waals surface area (Å²) in [4.78, 5) is 45.3. The maximum atomic E-state index is 11.6. The van der Waals surface area contributed by atoms with Gasteiger partial charge in [0.05, 0.1) is 0 Å². The lowest BCUT2D eigenvalue weighted by Gasteiger charge is -2.13. The number of nitrogens with one attached hydrogen (secondary N) is 2. The number of benzene rings is 1. The quantitative estimate of drug-likeness (QED) is 0.588. The molecule has 0 spiro atoms. The maximum Gasteiger partial charge on any atom is 0.344 e. The van der Waals surface area contributed by atoms with E-state index in [-0.39, 0.29) is 5.78 Å². The van der Waals surface area contributed by atoms with E-state index in [0.717, 1.165) is 0 Å². The zero-order chi connectivity index (χ0) is 17.4. The van der Waals surface area contributed by atoms with Crippen LogP contribution in [-0.2, 0) is 14.3 Å². The standard InChI is InChI=1S/C15H18N2O6/c1-9(18)11-5-4-6-12(7-11)22-8-13(19)23-10(2)14(20)17-15(21)16-3/h4-7,10H,8H2,1-3H3,(H2,16,17,20,21)/t10-/m0/s1. The Hall–Kier alpha value is -2.90. The van der Waals surface area contributed by atoms with Crippen LogP contribution < -0.4 is 15.4 Å². The number of urea groups is 1. The molecule has 0 fully saturated rings. The fourth-order valence-electron chi connectivity index (χ4n) is 1.51. The Bertz CT molecular complexity index is 614. The molecule has 3 amide bonds. The normalized spacial score (nSPS) is 11.1. The highest BCUT2D eigenvalue weighted by Gasteiger charge is 2.19. The van der Waals surface area contributed by atoms with Crippen molar-refractivity contribution < 1.29 is 28.7 Å². The van der Waals surface area contributed by atoms with Crippen LogP contribution in [0.2, 0.25) is 0 Å². The van der Waals surface area contributed by atoms with E-state index < -0.39 is 30.6 Å². The molecule has 8 nitrogen and oxygen atoms in total. The molecule has 1 aromatic carbocycles. The van der Waals surface area contributed by atoms with Gasteiger partial charge in [-0.2, -0.15) is 0 Å². The highest BCUT2D eigenvalue weighted by atomic mass is 16.6. The summed E-state index contributed by atoms with van der Waals surface area (Å²) in [6.45, 7) is 2.31. The van der Waals surface area contributed by atoms with Crippen LogP contribution in [0.3, 0.4) is 0 Å². The van der Waals surface area contributed by atoms with Gasteiger partial charge in [0, 0.05) is 12.6 Å². The van der Waals surface area contributed by atoms with Crippen LogP contribution in [0, 0.1) is 0 Å². The summed E-state index contributed by atoms with van der Waals surface area (Å²) in [6, 6.07) is 5.63. The van der Waals surface area contributed by atoms with Gasteiger partial charge in [-0.25, -0.2) is 9.59 Å². The van der Waals surface area contributed by atoms with E-state index in [0.29, 0.717) is 11.3 Å². The zero-order valence-electron chi connectivity index (χ0n) is 13.0. The third-order valence-electron chi connectivity index (χ3n) is 2.74. The van der Waals surface area contributed by atoms with Crippen molar-refractivity contribution in [1.82, 2.24) is 10.6 Å². The average Bonchev–Trinajstić information content (AvgIpc) is 2.52. The second kappa shape index (κ2) is 8.52. The molecule has 0 heterocycles. The Labute approximate surface area is 133 Å². The number of hydrogen-bond acceptors (Lipinski definition) is 6. The van der Waals surface area contributed by atoms with Crippen LogP contribution in [0.5, 0.6) is 5.75 Å². The Morgan fingerprint density at radius 2 is 1.91 bits per heavy atom. The summed E-state index contributed by atoms with van der Waals surface area (Å²) >= 11 is 0. The van der Waals surface area contributed by atoms with E-state index >= 15 is 0 Å². The van der Waals surface area contributed by atoms with Gasteiger partial charge < -0.3 is 14.8 Å². The zero-order valence-corrected chi connectivity index (χ0v) is 13.0. The minimum atomic E-state index is -1.15. The van der Waals surface area contributed by atoms with Gasteiger partial charge in [0.2, 0.25) is 0 Å². The van der Waals surface area contributed by atoms with Crippen molar-refractivity contribution in [2.75, 3.05) is 13.7 Å². The van der Waals surface area contributed by atoms with Gasteiger partial charge >= 0.3 is 12.0 Å². The molecule has 0 saturated heterocycles. The number of amides is 3. The molecule has 1 rings (SSSR count). The molecule has 8 heteroatoms. The third-order valence-corrected chi connectivity index (χ3v) is 2.74. The molecule has 1 atom stereocenters. The van der Waals surface area contributed by atoms with Gasteiger partial charge in [0.25, 0.3) is 5.91 Å². The number of ether oxygens (including phenoxy) is 2. The topological polar surface area (TPSA) is 111 Å². The SMILES string of the molecule is CNC(=O)NC(=O)[C@H](C)OC(=O)COc1cccc(C(C)=O)c1. The monoisotopic (exact) mass is 322 g/mol. The number of imide groups is 1. The van der Waals surface area contributed by atoms with E-state index in [2.05, 4.69) is 5.32 Å². The number of ketones is 1. The van der Waals surface area contributed by atoms with E-state index in [9.17, 15) is 19.2 Å². The summed E-state index contributed by atoms with van der Waals surface area (Å²) in [6.07, 6.45) is -1.15. The van der Waals surface area contributed by atoms with Crippen LogP contribution in [0.4, 0.5) is 4.79 Å². The van der Waals surface area contributed by atoms with Crippen molar-refractivity contribution in [3.63, 3.8) is 0 Å². The molecule has 0 aliphatic carbocycles. The van der Waals surface area contributed by atoms with Crippen LogP contribution in [0.1, 0.15) is 24.2 Å². The lowest BCUT2D eigenvalue weighted by Crippen LogP contribution is -2.43. The molecule has 23 heavy (non-hydrogen) atoms. The first-order valence-electron chi connectivity index (χ1n) is 6.79. The Morgan fingerprint density at radius 1 is 1.22 bits per heavy atom. The average molecular weight is 322 g/mol. The fourth-order valence-corrected chi connectivity index (χ4v) is 1.51. The molecular weight excluding hydrogens is 304 g/mol. The van der Waals surface area contributed by atoms with E-state index in [1.165, 1.54) is 27.0 Å². The smallest absolute Gasteiger partial charge is 0.344 e. The molecule has 0 radical (unpaired) electrons. The number of rotatable bonds is 6. The molecule has 0 aromatic heterocycles. The Kier molecular flexibility index (Phi) is 6.72. The van der Waals surface area contributed by atoms with E-state index in [4.69, 9.17) is 9.47 Å². The van der Waals surface area contributed by atoms with Crippen LogP contribution in [-0.4, -0.2) is 43.4 Å². The summed E-state index contributed by atoms with van der Waals surface area (Å²) in [5.41, 5.74) is 0.453. The van der Waals surface area contributed by atoms with Crippen molar-refractivity contribution in [1.29, 1.82) is 0 Å². The highest BCUT2D eigenvalue weighted by molar-refractivity contribution is 5.97. The molecule has 0 unspecified atom stereocenters. The number of carbonyl (C=O) groups is 4. The third kappa shape index (κ3) is 6.16. The lowest BCUT2D eigenvalue weighted by atomic mass is 10.1.